The van der Waals surface area contributed by atoms with Crippen molar-refractivity contribution in [3.63, 3.8) is 0 Å². The van der Waals surface area contributed by atoms with Gasteiger partial charge in [0.25, 0.3) is 0 Å². The quantitative estimate of drug-likeness (QED) is 0.696. The molecule has 1 N–H and O–H groups in total. The maximum atomic E-state index is 13.5. The summed E-state index contributed by atoms with van der Waals surface area (Å²) < 4.78 is 20.7. The first kappa shape index (κ1) is 19.1. The molecule has 2 atom stereocenters. The SMILES string of the molecule is O=C([C@@H]1Sc2nnc(-c3ccccc3)n2N[C@H]1c1ccc(F)cc1)N1CCOCC1. The van der Waals surface area contributed by atoms with E-state index in [9.17, 15) is 9.18 Å². The van der Waals surface area contributed by atoms with Gasteiger partial charge in [-0.2, -0.15) is 0 Å². The lowest BCUT2D eigenvalue weighted by Crippen LogP contribution is -2.49. The molecule has 2 aliphatic heterocycles. The van der Waals surface area contributed by atoms with Gasteiger partial charge in [-0.15, -0.1) is 10.2 Å². The molecule has 3 heterocycles. The average molecular weight is 425 g/mol. The molecule has 2 aromatic carbocycles. The molecule has 0 saturated carbocycles. The zero-order chi connectivity index (χ0) is 20.5. The molecule has 0 spiro atoms. The first-order chi connectivity index (χ1) is 14.7. The molecule has 1 fully saturated rings. The van der Waals surface area contributed by atoms with E-state index in [1.807, 2.05) is 39.9 Å². The maximum Gasteiger partial charge on any atom is 0.238 e. The van der Waals surface area contributed by atoms with Crippen LogP contribution in [0, 0.1) is 5.82 Å². The number of aromatic nitrogens is 3. The van der Waals surface area contributed by atoms with Crippen molar-refractivity contribution in [1.82, 2.24) is 19.8 Å². The Kier molecular flexibility index (Phi) is 5.14. The van der Waals surface area contributed by atoms with Crippen molar-refractivity contribution in [2.24, 2.45) is 0 Å². The maximum absolute atomic E-state index is 13.5. The second kappa shape index (κ2) is 8.08. The fourth-order valence-electron chi connectivity index (χ4n) is 3.70. The zero-order valence-electron chi connectivity index (χ0n) is 16.1. The molecule has 154 valence electrons. The van der Waals surface area contributed by atoms with Crippen LogP contribution in [0.3, 0.4) is 0 Å². The van der Waals surface area contributed by atoms with E-state index < -0.39 is 5.25 Å². The van der Waals surface area contributed by atoms with Crippen molar-refractivity contribution in [2.45, 2.75) is 16.4 Å². The Bertz CT molecular complexity index is 1040. The number of hydrogen-bond donors (Lipinski definition) is 1. The summed E-state index contributed by atoms with van der Waals surface area (Å²) in [5.74, 6) is 0.372. The minimum atomic E-state index is -0.450. The lowest BCUT2D eigenvalue weighted by atomic mass is 10.0. The smallest absolute Gasteiger partial charge is 0.238 e. The molecule has 1 saturated heterocycles. The van der Waals surface area contributed by atoms with E-state index in [1.54, 1.807) is 12.1 Å². The predicted molar refractivity (Wildman–Crippen MR) is 111 cm³/mol. The molecule has 1 amide bonds. The van der Waals surface area contributed by atoms with Gasteiger partial charge in [-0.3, -0.25) is 4.79 Å². The van der Waals surface area contributed by atoms with Gasteiger partial charge in [0.05, 0.1) is 19.3 Å². The molecule has 7 nitrogen and oxygen atoms in total. The lowest BCUT2D eigenvalue weighted by Gasteiger charge is -2.37. The van der Waals surface area contributed by atoms with Crippen molar-refractivity contribution in [1.29, 1.82) is 0 Å². The Morgan fingerprint density at radius 3 is 2.53 bits per heavy atom. The van der Waals surface area contributed by atoms with Crippen molar-refractivity contribution >= 4 is 17.7 Å². The van der Waals surface area contributed by atoms with E-state index in [0.717, 1.165) is 11.1 Å². The van der Waals surface area contributed by atoms with Gasteiger partial charge in [-0.25, -0.2) is 9.07 Å². The van der Waals surface area contributed by atoms with E-state index in [1.165, 1.54) is 23.9 Å². The highest BCUT2D eigenvalue weighted by molar-refractivity contribution is 8.00. The van der Waals surface area contributed by atoms with Gasteiger partial charge in [0.2, 0.25) is 11.1 Å². The van der Waals surface area contributed by atoms with Gasteiger partial charge in [0, 0.05) is 18.7 Å². The fourth-order valence-corrected chi connectivity index (χ4v) is 4.87. The average Bonchev–Trinajstić information content (AvgIpc) is 3.22. The highest BCUT2D eigenvalue weighted by atomic mass is 32.2. The predicted octanol–water partition coefficient (Wildman–Crippen LogP) is 2.70. The van der Waals surface area contributed by atoms with E-state index in [-0.39, 0.29) is 17.8 Å². The van der Waals surface area contributed by atoms with Gasteiger partial charge in [0.15, 0.2) is 5.82 Å². The standard InChI is InChI=1S/C21H20FN5O2S/c22-16-8-6-14(7-9-16)17-18(20(28)26-10-12-29-13-11-26)30-21-24-23-19(27(21)25-17)15-4-2-1-3-5-15/h1-9,17-18,25H,10-13H2/t17-,18+/m0/s1. The molecular formula is C21H20FN5O2S. The minimum Gasteiger partial charge on any atom is -0.378 e. The molecule has 0 unspecified atom stereocenters. The summed E-state index contributed by atoms with van der Waals surface area (Å²) in [5, 5.41) is 8.83. The first-order valence-corrected chi connectivity index (χ1v) is 10.6. The van der Waals surface area contributed by atoms with Gasteiger partial charge in [-0.1, -0.05) is 54.2 Å². The monoisotopic (exact) mass is 425 g/mol. The Labute approximate surface area is 177 Å². The van der Waals surface area contributed by atoms with Crippen LogP contribution >= 0.6 is 11.8 Å². The number of hydrogen-bond acceptors (Lipinski definition) is 6. The van der Waals surface area contributed by atoms with Crippen LogP contribution in [0.4, 0.5) is 4.39 Å². The molecule has 0 bridgehead atoms. The van der Waals surface area contributed by atoms with Gasteiger partial charge >= 0.3 is 0 Å². The summed E-state index contributed by atoms with van der Waals surface area (Å²) in [4.78, 5) is 15.2. The van der Waals surface area contributed by atoms with Crippen molar-refractivity contribution in [2.75, 3.05) is 31.7 Å². The van der Waals surface area contributed by atoms with Crippen LogP contribution in [-0.4, -0.2) is 57.2 Å². The topological polar surface area (TPSA) is 72.3 Å². The Hall–Kier alpha value is -2.91. The van der Waals surface area contributed by atoms with Gasteiger partial charge in [0.1, 0.15) is 11.1 Å². The van der Waals surface area contributed by atoms with Crippen LogP contribution in [0.25, 0.3) is 11.4 Å². The third-order valence-corrected chi connectivity index (χ3v) is 6.47. The molecule has 5 rings (SSSR count). The number of nitrogens with zero attached hydrogens (tertiary/aromatic N) is 4. The van der Waals surface area contributed by atoms with E-state index >= 15 is 0 Å². The second-order valence-corrected chi connectivity index (χ2v) is 8.25. The number of nitrogens with one attached hydrogen (secondary N) is 1. The van der Waals surface area contributed by atoms with Gasteiger partial charge in [-0.05, 0) is 17.7 Å². The molecule has 1 aromatic heterocycles. The Balaban J connectivity index is 1.53. The summed E-state index contributed by atoms with van der Waals surface area (Å²) in [6.45, 7) is 2.19. The number of amides is 1. The summed E-state index contributed by atoms with van der Waals surface area (Å²) in [7, 11) is 0. The van der Waals surface area contributed by atoms with Crippen molar-refractivity contribution in [3.8, 4) is 11.4 Å². The molecule has 0 radical (unpaired) electrons. The van der Waals surface area contributed by atoms with E-state index in [0.29, 0.717) is 37.3 Å². The number of carbonyl (C=O) groups is 1. The third-order valence-electron chi connectivity index (χ3n) is 5.26. The third kappa shape index (κ3) is 3.54. The van der Waals surface area contributed by atoms with Crippen LogP contribution < -0.4 is 5.43 Å². The van der Waals surface area contributed by atoms with E-state index in [4.69, 9.17) is 4.74 Å². The minimum absolute atomic E-state index is 0.0145. The Morgan fingerprint density at radius 1 is 1.07 bits per heavy atom. The molecule has 3 aromatic rings. The van der Waals surface area contributed by atoms with Crippen molar-refractivity contribution < 1.29 is 13.9 Å². The van der Waals surface area contributed by atoms with Crippen molar-refractivity contribution in [3.05, 3.63) is 66.0 Å². The normalized spacial score (nSPS) is 21.0. The lowest BCUT2D eigenvalue weighted by molar-refractivity contribution is -0.135. The number of halogens is 1. The molecule has 30 heavy (non-hydrogen) atoms. The number of rotatable bonds is 3. The fraction of sp³-hybridized carbons (Fsp3) is 0.286. The summed E-state index contributed by atoms with van der Waals surface area (Å²) in [6, 6.07) is 15.6. The number of ether oxygens (including phenoxy) is 1. The molecular weight excluding hydrogens is 405 g/mol. The zero-order valence-corrected chi connectivity index (χ0v) is 16.9. The number of carbonyl (C=O) groups excluding carboxylic acids is 1. The number of thioether (sulfide) groups is 1. The van der Waals surface area contributed by atoms with Crippen LogP contribution in [-0.2, 0) is 9.53 Å². The summed E-state index contributed by atoms with van der Waals surface area (Å²) in [6.07, 6.45) is 0. The van der Waals surface area contributed by atoms with Crippen LogP contribution in [0.5, 0.6) is 0 Å². The first-order valence-electron chi connectivity index (χ1n) is 9.77. The van der Waals surface area contributed by atoms with Crippen LogP contribution in [0.1, 0.15) is 11.6 Å². The van der Waals surface area contributed by atoms with Gasteiger partial charge < -0.3 is 15.1 Å². The number of morpholine rings is 1. The van der Waals surface area contributed by atoms with Crippen LogP contribution in [0.15, 0.2) is 59.8 Å². The number of fused-ring (bicyclic) bond motifs is 1. The summed E-state index contributed by atoms with van der Waals surface area (Å²) >= 11 is 1.38. The number of benzene rings is 2. The molecule has 0 aliphatic carbocycles. The van der Waals surface area contributed by atoms with E-state index in [2.05, 4.69) is 15.6 Å². The second-order valence-electron chi connectivity index (χ2n) is 7.14. The summed E-state index contributed by atoms with van der Waals surface area (Å²) in [5.41, 5.74) is 5.16. The molecule has 2 aliphatic rings. The van der Waals surface area contributed by atoms with Crippen LogP contribution in [0.2, 0.25) is 0 Å². The Morgan fingerprint density at radius 2 is 1.80 bits per heavy atom. The highest BCUT2D eigenvalue weighted by Crippen LogP contribution is 2.39. The highest BCUT2D eigenvalue weighted by Gasteiger charge is 2.40. The molecule has 9 heteroatoms. The largest absolute Gasteiger partial charge is 0.378 e.